The molecule has 3 heteroatoms. The van der Waals surface area contributed by atoms with Gasteiger partial charge in [-0.15, -0.1) is 0 Å². The van der Waals surface area contributed by atoms with E-state index in [0.717, 1.165) is 17.6 Å². The second-order valence-electron chi connectivity index (χ2n) is 5.14. The molecule has 1 aromatic carbocycles. The van der Waals surface area contributed by atoms with Gasteiger partial charge in [-0.25, -0.2) is 0 Å². The molecule has 1 aromatic heterocycles. The van der Waals surface area contributed by atoms with E-state index in [-0.39, 0.29) is 5.41 Å². The van der Waals surface area contributed by atoms with Crippen LogP contribution in [-0.2, 0) is 5.41 Å². The molecule has 0 aliphatic heterocycles. The highest BCUT2D eigenvalue weighted by atomic mass is 16.4. The highest BCUT2D eigenvalue weighted by molar-refractivity contribution is 5.87. The van der Waals surface area contributed by atoms with Crippen LogP contribution < -0.4 is 0 Å². The molecular weight excluding hydrogens is 212 g/mol. The van der Waals surface area contributed by atoms with Crippen molar-refractivity contribution >= 4 is 16.6 Å². The lowest BCUT2D eigenvalue weighted by molar-refractivity contribution is 0.315. The van der Waals surface area contributed by atoms with Crippen molar-refractivity contribution in [2.75, 3.05) is 0 Å². The maximum atomic E-state index is 8.79. The molecule has 0 aliphatic carbocycles. The summed E-state index contributed by atoms with van der Waals surface area (Å²) in [6, 6.07) is 8.26. The van der Waals surface area contributed by atoms with Gasteiger partial charge in [-0.3, -0.25) is 0 Å². The highest BCUT2D eigenvalue weighted by Crippen LogP contribution is 2.33. The Labute approximate surface area is 101 Å². The van der Waals surface area contributed by atoms with Gasteiger partial charge in [0.25, 0.3) is 0 Å². The average molecular weight is 230 g/mol. The van der Waals surface area contributed by atoms with Gasteiger partial charge >= 0.3 is 0 Å². The zero-order chi connectivity index (χ0) is 12.5. The number of hydrogen-bond donors (Lipinski definition) is 2. The van der Waals surface area contributed by atoms with E-state index in [1.54, 1.807) is 0 Å². The van der Waals surface area contributed by atoms with Gasteiger partial charge in [0, 0.05) is 17.1 Å². The molecule has 2 aromatic rings. The minimum atomic E-state index is -0.0457. The van der Waals surface area contributed by atoms with Gasteiger partial charge < -0.3 is 10.2 Å². The molecule has 0 bridgehead atoms. The minimum Gasteiger partial charge on any atom is -0.411 e. The Hall–Kier alpha value is -1.77. The first kappa shape index (κ1) is 11.7. The Morgan fingerprint density at radius 1 is 1.35 bits per heavy atom. The number of rotatable bonds is 3. The van der Waals surface area contributed by atoms with Crippen molar-refractivity contribution in [2.24, 2.45) is 5.16 Å². The predicted octanol–water partition coefficient (Wildman–Crippen LogP) is 3.69. The Balaban J connectivity index is 2.45. The van der Waals surface area contributed by atoms with Crippen molar-refractivity contribution < 1.29 is 5.21 Å². The lowest BCUT2D eigenvalue weighted by Crippen LogP contribution is -2.20. The number of oxime groups is 1. The highest BCUT2D eigenvalue weighted by Gasteiger charge is 2.24. The molecule has 0 atom stereocenters. The number of para-hydroxylation sites is 1. The van der Waals surface area contributed by atoms with Crippen LogP contribution in [0.2, 0.25) is 0 Å². The molecule has 2 rings (SSSR count). The number of nitrogens with zero attached hydrogens (tertiary/aromatic N) is 1. The summed E-state index contributed by atoms with van der Waals surface area (Å²) < 4.78 is 0. The van der Waals surface area contributed by atoms with Gasteiger partial charge in [0.15, 0.2) is 0 Å². The summed E-state index contributed by atoms with van der Waals surface area (Å²) in [5, 5.41) is 13.3. The molecule has 0 amide bonds. The third kappa shape index (κ3) is 2.18. The maximum Gasteiger partial charge on any atom is 0.0548 e. The lowest BCUT2D eigenvalue weighted by Gasteiger charge is -2.23. The van der Waals surface area contributed by atoms with Crippen LogP contribution in [-0.4, -0.2) is 15.9 Å². The summed E-state index contributed by atoms with van der Waals surface area (Å²) >= 11 is 0. The van der Waals surface area contributed by atoms with Crippen LogP contribution in [0.3, 0.4) is 0 Å². The minimum absolute atomic E-state index is 0.0457. The lowest BCUT2D eigenvalue weighted by atomic mass is 9.80. The van der Waals surface area contributed by atoms with E-state index >= 15 is 0 Å². The van der Waals surface area contributed by atoms with E-state index in [0.29, 0.717) is 0 Å². The van der Waals surface area contributed by atoms with Crippen molar-refractivity contribution in [2.45, 2.75) is 32.6 Å². The summed E-state index contributed by atoms with van der Waals surface area (Å²) in [6.07, 6.45) is 2.79. The summed E-state index contributed by atoms with van der Waals surface area (Å²) in [7, 11) is 0. The van der Waals surface area contributed by atoms with Gasteiger partial charge in [-0.05, 0) is 30.4 Å². The van der Waals surface area contributed by atoms with Gasteiger partial charge in [0.05, 0.1) is 5.71 Å². The zero-order valence-corrected chi connectivity index (χ0v) is 10.5. The van der Waals surface area contributed by atoms with Crippen LogP contribution in [0, 0.1) is 0 Å². The molecule has 0 unspecified atom stereocenters. The smallest absolute Gasteiger partial charge is 0.0548 e. The fourth-order valence-corrected chi connectivity index (χ4v) is 2.40. The van der Waals surface area contributed by atoms with Crippen LogP contribution in [0.4, 0.5) is 0 Å². The average Bonchev–Trinajstić information content (AvgIpc) is 2.72. The van der Waals surface area contributed by atoms with Crippen molar-refractivity contribution in [3.63, 3.8) is 0 Å². The Morgan fingerprint density at radius 2 is 2.06 bits per heavy atom. The van der Waals surface area contributed by atoms with E-state index in [1.165, 1.54) is 10.9 Å². The number of hydrogen-bond acceptors (Lipinski definition) is 2. The molecule has 0 spiro atoms. The fourth-order valence-electron chi connectivity index (χ4n) is 2.40. The SMILES string of the molecule is C/C(CC(C)(C)c1c[nH]c2ccccc12)=N\O. The van der Waals surface area contributed by atoms with Gasteiger partial charge in [0.2, 0.25) is 0 Å². The second kappa shape index (κ2) is 4.24. The second-order valence-corrected chi connectivity index (χ2v) is 5.14. The van der Waals surface area contributed by atoms with Crippen LogP contribution in [0.1, 0.15) is 32.8 Å². The molecular formula is C14H18N2O. The van der Waals surface area contributed by atoms with E-state index in [9.17, 15) is 0 Å². The molecule has 17 heavy (non-hydrogen) atoms. The normalized spacial score (nSPS) is 13.2. The molecule has 2 N–H and O–H groups in total. The van der Waals surface area contributed by atoms with Gasteiger partial charge in [-0.1, -0.05) is 37.2 Å². The van der Waals surface area contributed by atoms with Gasteiger partial charge in [-0.2, -0.15) is 0 Å². The Morgan fingerprint density at radius 3 is 2.76 bits per heavy atom. The van der Waals surface area contributed by atoms with Gasteiger partial charge in [0.1, 0.15) is 0 Å². The summed E-state index contributed by atoms with van der Waals surface area (Å²) in [4.78, 5) is 3.28. The largest absolute Gasteiger partial charge is 0.411 e. The Bertz CT molecular complexity index is 552. The summed E-state index contributed by atoms with van der Waals surface area (Å²) in [6.45, 7) is 6.17. The fraction of sp³-hybridized carbons (Fsp3) is 0.357. The van der Waals surface area contributed by atoms with E-state index < -0.39 is 0 Å². The number of H-pyrrole nitrogens is 1. The topological polar surface area (TPSA) is 48.4 Å². The molecule has 1 heterocycles. The molecule has 0 fully saturated rings. The van der Waals surface area contributed by atoms with Crippen LogP contribution in [0.5, 0.6) is 0 Å². The van der Waals surface area contributed by atoms with E-state index in [4.69, 9.17) is 5.21 Å². The summed E-state index contributed by atoms with van der Waals surface area (Å²) in [5.74, 6) is 0. The standard InChI is InChI=1S/C14H18N2O/c1-10(16-17)8-14(2,3)12-9-15-13-7-5-4-6-11(12)13/h4-7,9,15,17H,8H2,1-3H3/b16-10+. The first-order valence-corrected chi connectivity index (χ1v) is 5.79. The van der Waals surface area contributed by atoms with Crippen molar-refractivity contribution in [3.05, 3.63) is 36.0 Å². The number of aromatic amines is 1. The molecule has 0 aliphatic rings. The number of benzene rings is 1. The third-order valence-corrected chi connectivity index (χ3v) is 3.19. The number of nitrogens with one attached hydrogen (secondary N) is 1. The molecule has 3 nitrogen and oxygen atoms in total. The van der Waals surface area contributed by atoms with E-state index in [2.05, 4.69) is 42.3 Å². The molecule has 0 saturated heterocycles. The van der Waals surface area contributed by atoms with Crippen LogP contribution in [0.15, 0.2) is 35.6 Å². The molecule has 0 radical (unpaired) electrons. The van der Waals surface area contributed by atoms with Crippen molar-refractivity contribution in [1.29, 1.82) is 0 Å². The monoisotopic (exact) mass is 230 g/mol. The van der Waals surface area contributed by atoms with Crippen LogP contribution in [0.25, 0.3) is 10.9 Å². The van der Waals surface area contributed by atoms with Crippen LogP contribution >= 0.6 is 0 Å². The number of aromatic nitrogens is 1. The summed E-state index contributed by atoms with van der Waals surface area (Å²) in [5.41, 5.74) is 3.11. The quantitative estimate of drug-likeness (QED) is 0.471. The van der Waals surface area contributed by atoms with E-state index in [1.807, 2.05) is 19.1 Å². The van der Waals surface area contributed by atoms with Crippen molar-refractivity contribution in [3.8, 4) is 0 Å². The first-order valence-electron chi connectivity index (χ1n) is 5.79. The third-order valence-electron chi connectivity index (χ3n) is 3.19. The molecule has 0 saturated carbocycles. The predicted molar refractivity (Wildman–Crippen MR) is 70.8 cm³/mol. The van der Waals surface area contributed by atoms with Crippen molar-refractivity contribution in [1.82, 2.24) is 4.98 Å². The molecule has 90 valence electrons. The Kier molecular flexibility index (Phi) is 2.92. The maximum absolute atomic E-state index is 8.79. The number of fused-ring (bicyclic) bond motifs is 1. The first-order chi connectivity index (χ1) is 8.04. The zero-order valence-electron chi connectivity index (χ0n) is 10.5.